The molecule has 0 N–H and O–H groups in total. The largest absolute Gasteiger partial charge is 0.455 e. The average Bonchev–Trinajstić information content (AvgIpc) is 3.10. The fourth-order valence-corrected chi connectivity index (χ4v) is 6.66. The number of hydrogen-bond donors (Lipinski definition) is 0. The Hall–Kier alpha value is -2.98. The predicted octanol–water partition coefficient (Wildman–Crippen LogP) is 7.15. The van der Waals surface area contributed by atoms with Crippen molar-refractivity contribution < 1.29 is 13.4 Å². The van der Waals surface area contributed by atoms with Crippen LogP contribution in [0.25, 0.3) is 44.1 Å². The van der Waals surface area contributed by atoms with Crippen molar-refractivity contribution >= 4 is 46.1 Å². The molecule has 33 heavy (non-hydrogen) atoms. The molecule has 2 aromatic heterocycles. The van der Waals surface area contributed by atoms with E-state index in [1.54, 1.807) is 13.0 Å². The molecule has 0 aliphatic heterocycles. The Morgan fingerprint density at radius 1 is 0.788 bits per heavy atom. The van der Waals surface area contributed by atoms with E-state index in [2.05, 4.69) is 82.4 Å². The van der Waals surface area contributed by atoms with Crippen LogP contribution in [0.1, 0.15) is 22.3 Å². The van der Waals surface area contributed by atoms with Crippen LogP contribution >= 0.6 is 0 Å². The maximum Gasteiger partial charge on any atom is 0.216 e. The molecule has 2 heterocycles. The van der Waals surface area contributed by atoms with Crippen LogP contribution in [-0.2, 0) is 7.05 Å². The van der Waals surface area contributed by atoms with Gasteiger partial charge >= 0.3 is 0 Å². The zero-order chi connectivity index (χ0) is 23.8. The molecule has 0 saturated carbocycles. The number of benzene rings is 3. The molecule has 0 saturated heterocycles. The van der Waals surface area contributed by atoms with Gasteiger partial charge in [-0.1, -0.05) is 31.3 Å². The molecule has 0 unspecified atom stereocenters. The third kappa shape index (κ3) is 3.23. The number of rotatable bonds is 2. The third-order valence-electron chi connectivity index (χ3n) is 7.14. The van der Waals surface area contributed by atoms with E-state index in [0.29, 0.717) is 11.1 Å². The average molecular weight is 457 g/mol. The van der Waals surface area contributed by atoms with Crippen molar-refractivity contribution in [2.75, 3.05) is 0 Å². The highest BCUT2D eigenvalue weighted by molar-refractivity contribution is 6.90. The Morgan fingerprint density at radius 3 is 2.21 bits per heavy atom. The first-order chi connectivity index (χ1) is 15.5. The van der Waals surface area contributed by atoms with E-state index >= 15 is 0 Å². The van der Waals surface area contributed by atoms with Crippen LogP contribution in [-0.4, -0.2) is 8.07 Å². The third-order valence-corrected chi connectivity index (χ3v) is 9.17. The molecule has 3 aromatic carbocycles. The summed E-state index contributed by atoms with van der Waals surface area (Å²) in [6.45, 7) is 15.5. The summed E-state index contributed by atoms with van der Waals surface area (Å²) in [4.78, 5) is 0. The molecule has 0 aliphatic carbocycles. The zero-order valence-corrected chi connectivity index (χ0v) is 21.8. The lowest BCUT2D eigenvalue weighted by molar-refractivity contribution is -0.633. The fourth-order valence-electron chi connectivity index (χ4n) is 5.08. The van der Waals surface area contributed by atoms with Gasteiger partial charge in [-0.15, -0.1) is 0 Å². The topological polar surface area (TPSA) is 17.0 Å². The van der Waals surface area contributed by atoms with Crippen molar-refractivity contribution in [2.24, 2.45) is 7.05 Å². The molecule has 0 atom stereocenters. The minimum atomic E-state index is -1.65. The summed E-state index contributed by atoms with van der Waals surface area (Å²) in [7, 11) is 0.493. The highest BCUT2D eigenvalue weighted by atomic mass is 28.3. The predicted molar refractivity (Wildman–Crippen MR) is 140 cm³/mol. The van der Waals surface area contributed by atoms with Gasteiger partial charge in [-0.05, 0) is 68.3 Å². The van der Waals surface area contributed by atoms with Gasteiger partial charge < -0.3 is 4.42 Å². The van der Waals surface area contributed by atoms with Gasteiger partial charge in [-0.25, -0.2) is 4.39 Å². The Kier molecular flexibility index (Phi) is 4.80. The van der Waals surface area contributed by atoms with Gasteiger partial charge in [0.1, 0.15) is 24.0 Å². The van der Waals surface area contributed by atoms with Crippen molar-refractivity contribution in [2.45, 2.75) is 47.3 Å². The summed E-state index contributed by atoms with van der Waals surface area (Å²) in [5, 5.41) is 4.80. The first-order valence-corrected chi connectivity index (χ1v) is 15.0. The lowest BCUT2D eigenvalue weighted by Gasteiger charge is -2.20. The number of fused-ring (bicyclic) bond motifs is 4. The monoisotopic (exact) mass is 456 g/mol. The number of furan rings is 1. The van der Waals surface area contributed by atoms with Crippen LogP contribution in [0.4, 0.5) is 4.39 Å². The lowest BCUT2D eigenvalue weighted by Crippen LogP contribution is -2.43. The van der Waals surface area contributed by atoms with Gasteiger partial charge in [-0.2, -0.15) is 4.57 Å². The second-order valence-electron chi connectivity index (χ2n) is 10.5. The first kappa shape index (κ1) is 21.8. The second-order valence-corrected chi connectivity index (χ2v) is 15.5. The van der Waals surface area contributed by atoms with Gasteiger partial charge in [0.25, 0.3) is 0 Å². The molecule has 0 bridgehead atoms. The quantitative estimate of drug-likeness (QED) is 0.204. The maximum atomic E-state index is 14.4. The minimum Gasteiger partial charge on any atom is -0.455 e. The van der Waals surface area contributed by atoms with Crippen LogP contribution in [0, 0.1) is 33.5 Å². The molecule has 4 heteroatoms. The number of halogens is 1. The van der Waals surface area contributed by atoms with E-state index in [1.165, 1.54) is 32.8 Å². The number of aryl methyl sites for hydroxylation is 4. The summed E-state index contributed by atoms with van der Waals surface area (Å²) in [5.74, 6) is -0.232. The Balaban J connectivity index is 1.99. The molecule has 2 nitrogen and oxygen atoms in total. The molecule has 0 fully saturated rings. The van der Waals surface area contributed by atoms with Gasteiger partial charge in [0.05, 0.1) is 13.6 Å². The maximum absolute atomic E-state index is 14.4. The standard InChI is InChI=1S/C29H31FNOSi/c1-16-9-12-24-22(13-16)26(33(6,7)8)15-25(31(24)5)27-18(3)17(2)14-21-20-10-11-23(30)19(4)28(20)32-29(21)27/h9-15H,1-8H3/q+1. The molecule has 0 aliphatic rings. The first-order valence-electron chi connectivity index (χ1n) is 11.5. The van der Waals surface area contributed by atoms with Crippen molar-refractivity contribution in [3.8, 4) is 11.3 Å². The van der Waals surface area contributed by atoms with Crippen molar-refractivity contribution in [1.29, 1.82) is 0 Å². The smallest absolute Gasteiger partial charge is 0.216 e. The van der Waals surface area contributed by atoms with Crippen LogP contribution in [0.5, 0.6) is 0 Å². The second kappa shape index (κ2) is 7.26. The van der Waals surface area contributed by atoms with Gasteiger partial charge in [0.2, 0.25) is 11.2 Å². The number of hydrogen-bond acceptors (Lipinski definition) is 1. The summed E-state index contributed by atoms with van der Waals surface area (Å²) in [5.41, 5.74) is 9.19. The summed E-state index contributed by atoms with van der Waals surface area (Å²) in [6, 6.07) is 14.7. The highest BCUT2D eigenvalue weighted by Gasteiger charge is 2.29. The molecule has 168 valence electrons. The summed E-state index contributed by atoms with van der Waals surface area (Å²) < 4.78 is 23.1. The van der Waals surface area contributed by atoms with Crippen molar-refractivity contribution in [3.63, 3.8) is 0 Å². The number of nitrogens with zero attached hydrogens (tertiary/aromatic N) is 1. The zero-order valence-electron chi connectivity index (χ0n) is 20.8. The van der Waals surface area contributed by atoms with Gasteiger partial charge in [0.15, 0.2) is 0 Å². The van der Waals surface area contributed by atoms with E-state index in [1.807, 2.05) is 6.07 Å². The normalized spacial score (nSPS) is 12.4. The summed E-state index contributed by atoms with van der Waals surface area (Å²) in [6.07, 6.45) is 0. The molecule has 0 amide bonds. The van der Waals surface area contributed by atoms with Crippen LogP contribution in [0.2, 0.25) is 19.6 Å². The molecule has 5 rings (SSSR count). The van der Waals surface area contributed by atoms with E-state index in [4.69, 9.17) is 4.42 Å². The number of pyridine rings is 1. The van der Waals surface area contributed by atoms with E-state index in [-0.39, 0.29) is 5.82 Å². The Bertz CT molecular complexity index is 1600. The Morgan fingerprint density at radius 2 is 1.52 bits per heavy atom. The fraction of sp³-hybridized carbons (Fsp3) is 0.276. The van der Waals surface area contributed by atoms with Crippen LogP contribution in [0.3, 0.4) is 0 Å². The molecule has 5 aromatic rings. The molecular formula is C29H31FNOSi+. The minimum absolute atomic E-state index is 0.232. The number of aromatic nitrogens is 1. The van der Waals surface area contributed by atoms with Gasteiger partial charge in [0, 0.05) is 33.9 Å². The molecular weight excluding hydrogens is 425 g/mol. The van der Waals surface area contributed by atoms with Crippen LogP contribution in [0.15, 0.2) is 46.9 Å². The summed E-state index contributed by atoms with van der Waals surface area (Å²) >= 11 is 0. The Labute approximate surface area is 195 Å². The van der Waals surface area contributed by atoms with Crippen molar-refractivity contribution in [1.82, 2.24) is 0 Å². The van der Waals surface area contributed by atoms with E-state index < -0.39 is 8.07 Å². The van der Waals surface area contributed by atoms with Crippen molar-refractivity contribution in [3.05, 3.63) is 70.5 Å². The molecule has 0 radical (unpaired) electrons. The SMILES string of the molecule is Cc1ccc2c(c1)c([Si](C)(C)C)cc(-c1c(C)c(C)cc3c1oc1c(C)c(F)ccc13)[n+]2C. The highest BCUT2D eigenvalue weighted by Crippen LogP contribution is 2.40. The van der Waals surface area contributed by atoms with E-state index in [0.717, 1.165) is 27.6 Å². The van der Waals surface area contributed by atoms with Crippen LogP contribution < -0.4 is 9.75 Å². The molecule has 0 spiro atoms. The lowest BCUT2D eigenvalue weighted by atomic mass is 9.95. The van der Waals surface area contributed by atoms with E-state index in [9.17, 15) is 4.39 Å². The van der Waals surface area contributed by atoms with Gasteiger partial charge in [-0.3, -0.25) is 0 Å².